The van der Waals surface area contributed by atoms with E-state index in [0.29, 0.717) is 0 Å². The number of benzene rings is 1. The van der Waals surface area contributed by atoms with E-state index in [-0.39, 0.29) is 0 Å². The molecule has 0 bridgehead atoms. The second kappa shape index (κ2) is 3.72. The van der Waals surface area contributed by atoms with E-state index >= 15 is 0 Å². The van der Waals surface area contributed by atoms with Crippen molar-refractivity contribution in [3.63, 3.8) is 0 Å². The SMILES string of the molecule is Brc1ccccc1-c1cn2ccncc2n1. The molecule has 0 radical (unpaired) electrons. The topological polar surface area (TPSA) is 30.2 Å². The molecule has 0 aliphatic carbocycles. The molecule has 0 aliphatic heterocycles. The van der Waals surface area contributed by atoms with Crippen LogP contribution in [0.1, 0.15) is 0 Å². The Kier molecular flexibility index (Phi) is 2.22. The van der Waals surface area contributed by atoms with Crippen molar-refractivity contribution in [2.45, 2.75) is 0 Å². The second-order valence-electron chi connectivity index (χ2n) is 3.45. The lowest BCUT2D eigenvalue weighted by atomic mass is 10.2. The van der Waals surface area contributed by atoms with Gasteiger partial charge in [0.15, 0.2) is 5.65 Å². The standard InChI is InChI=1S/C12H8BrN3/c13-10-4-2-1-3-9(10)11-8-16-6-5-14-7-12(16)15-11/h1-8H. The highest BCUT2D eigenvalue weighted by Crippen LogP contribution is 2.26. The van der Waals surface area contributed by atoms with Crippen LogP contribution in [0.15, 0.2) is 53.5 Å². The molecule has 0 aliphatic rings. The number of imidazole rings is 1. The van der Waals surface area contributed by atoms with Gasteiger partial charge < -0.3 is 4.40 Å². The van der Waals surface area contributed by atoms with Crippen molar-refractivity contribution in [3.8, 4) is 11.3 Å². The maximum atomic E-state index is 4.51. The number of nitrogens with zero attached hydrogens (tertiary/aromatic N) is 3. The first-order valence-corrected chi connectivity index (χ1v) is 5.67. The summed E-state index contributed by atoms with van der Waals surface area (Å²) in [5.74, 6) is 0. The molecule has 0 fully saturated rings. The van der Waals surface area contributed by atoms with Crippen LogP contribution < -0.4 is 0 Å². The molecule has 0 unspecified atom stereocenters. The Balaban J connectivity index is 2.23. The predicted octanol–water partition coefficient (Wildman–Crippen LogP) is 3.16. The number of hydrogen-bond donors (Lipinski definition) is 0. The molecule has 16 heavy (non-hydrogen) atoms. The van der Waals surface area contributed by atoms with Crippen LogP contribution in [-0.4, -0.2) is 14.4 Å². The zero-order chi connectivity index (χ0) is 11.0. The summed E-state index contributed by atoms with van der Waals surface area (Å²) >= 11 is 3.53. The first kappa shape index (κ1) is 9.54. The molecule has 2 heterocycles. The lowest BCUT2D eigenvalue weighted by Crippen LogP contribution is -1.81. The van der Waals surface area contributed by atoms with Gasteiger partial charge in [0.2, 0.25) is 0 Å². The van der Waals surface area contributed by atoms with Crippen molar-refractivity contribution >= 4 is 21.6 Å². The Bertz CT molecular complexity index is 612. The first-order chi connectivity index (χ1) is 7.84. The maximum absolute atomic E-state index is 4.51. The molecule has 3 aromatic rings. The predicted molar refractivity (Wildman–Crippen MR) is 66.1 cm³/mol. The highest BCUT2D eigenvalue weighted by molar-refractivity contribution is 9.10. The fourth-order valence-corrected chi connectivity index (χ4v) is 2.13. The molecule has 0 saturated heterocycles. The third-order valence-corrected chi connectivity index (χ3v) is 3.11. The minimum atomic E-state index is 0.855. The Morgan fingerprint density at radius 2 is 2.06 bits per heavy atom. The van der Waals surface area contributed by atoms with E-state index < -0.39 is 0 Å². The Labute approximate surface area is 101 Å². The van der Waals surface area contributed by atoms with Crippen LogP contribution in [0.2, 0.25) is 0 Å². The molecule has 78 valence electrons. The van der Waals surface area contributed by atoms with Gasteiger partial charge in [-0.3, -0.25) is 4.98 Å². The fraction of sp³-hybridized carbons (Fsp3) is 0. The summed E-state index contributed by atoms with van der Waals surface area (Å²) < 4.78 is 3.01. The van der Waals surface area contributed by atoms with E-state index in [1.54, 1.807) is 12.4 Å². The van der Waals surface area contributed by atoms with Gasteiger partial charge in [0, 0.05) is 28.6 Å². The molecule has 4 heteroatoms. The van der Waals surface area contributed by atoms with Crippen molar-refractivity contribution in [3.05, 3.63) is 53.5 Å². The van der Waals surface area contributed by atoms with Crippen LogP contribution in [0.4, 0.5) is 0 Å². The van der Waals surface area contributed by atoms with E-state index in [0.717, 1.165) is 21.4 Å². The highest BCUT2D eigenvalue weighted by atomic mass is 79.9. The van der Waals surface area contributed by atoms with Crippen molar-refractivity contribution < 1.29 is 0 Å². The molecule has 0 amide bonds. The van der Waals surface area contributed by atoms with Gasteiger partial charge in [0.05, 0.1) is 11.9 Å². The minimum absolute atomic E-state index is 0.855. The number of rotatable bonds is 1. The molecule has 1 aromatic carbocycles. The first-order valence-electron chi connectivity index (χ1n) is 4.88. The molecule has 0 atom stereocenters. The average Bonchev–Trinajstić information content (AvgIpc) is 2.73. The van der Waals surface area contributed by atoms with Crippen molar-refractivity contribution in [1.82, 2.24) is 14.4 Å². The molecule has 2 aromatic heterocycles. The van der Waals surface area contributed by atoms with Gasteiger partial charge in [-0.25, -0.2) is 4.98 Å². The Hall–Kier alpha value is -1.68. The van der Waals surface area contributed by atoms with Crippen molar-refractivity contribution in [2.24, 2.45) is 0 Å². The van der Waals surface area contributed by atoms with Crippen LogP contribution >= 0.6 is 15.9 Å². The van der Waals surface area contributed by atoms with E-state index in [1.807, 2.05) is 41.1 Å². The molecule has 3 rings (SSSR count). The zero-order valence-electron chi connectivity index (χ0n) is 8.34. The third kappa shape index (κ3) is 1.51. The average molecular weight is 274 g/mol. The molecular weight excluding hydrogens is 266 g/mol. The summed E-state index contributed by atoms with van der Waals surface area (Å²) in [6, 6.07) is 8.05. The largest absolute Gasteiger partial charge is 0.304 e. The molecular formula is C12H8BrN3. The monoisotopic (exact) mass is 273 g/mol. The molecule has 0 saturated carbocycles. The number of hydrogen-bond acceptors (Lipinski definition) is 2. The molecule has 3 nitrogen and oxygen atoms in total. The van der Waals surface area contributed by atoms with E-state index in [2.05, 4.69) is 25.9 Å². The fourth-order valence-electron chi connectivity index (χ4n) is 1.64. The molecule has 0 N–H and O–H groups in total. The quantitative estimate of drug-likeness (QED) is 0.682. The van der Waals surface area contributed by atoms with Gasteiger partial charge in [-0.15, -0.1) is 0 Å². The summed E-state index contributed by atoms with van der Waals surface area (Å²) in [7, 11) is 0. The van der Waals surface area contributed by atoms with Crippen LogP contribution in [0.5, 0.6) is 0 Å². The van der Waals surface area contributed by atoms with Gasteiger partial charge >= 0.3 is 0 Å². The number of aromatic nitrogens is 3. The number of fused-ring (bicyclic) bond motifs is 1. The van der Waals surface area contributed by atoms with Gasteiger partial charge in [-0.2, -0.15) is 0 Å². The Morgan fingerprint density at radius 1 is 1.19 bits per heavy atom. The second-order valence-corrected chi connectivity index (χ2v) is 4.30. The summed E-state index contributed by atoms with van der Waals surface area (Å²) in [5, 5.41) is 0. The zero-order valence-corrected chi connectivity index (χ0v) is 9.92. The smallest absolute Gasteiger partial charge is 0.155 e. The van der Waals surface area contributed by atoms with Crippen molar-refractivity contribution in [1.29, 1.82) is 0 Å². The summed E-state index contributed by atoms with van der Waals surface area (Å²) in [4.78, 5) is 8.56. The minimum Gasteiger partial charge on any atom is -0.304 e. The highest BCUT2D eigenvalue weighted by Gasteiger charge is 2.06. The number of halogens is 1. The summed E-state index contributed by atoms with van der Waals surface area (Å²) in [5.41, 5.74) is 2.89. The lowest BCUT2D eigenvalue weighted by molar-refractivity contribution is 1.13. The lowest BCUT2D eigenvalue weighted by Gasteiger charge is -1.98. The summed E-state index contributed by atoms with van der Waals surface area (Å²) in [6.07, 6.45) is 7.39. The van der Waals surface area contributed by atoms with Crippen LogP contribution in [-0.2, 0) is 0 Å². The van der Waals surface area contributed by atoms with Crippen LogP contribution in [0, 0.1) is 0 Å². The Morgan fingerprint density at radius 3 is 2.88 bits per heavy atom. The van der Waals surface area contributed by atoms with Crippen LogP contribution in [0.25, 0.3) is 16.9 Å². The summed E-state index contributed by atoms with van der Waals surface area (Å²) in [6.45, 7) is 0. The van der Waals surface area contributed by atoms with Gasteiger partial charge in [0.1, 0.15) is 0 Å². The third-order valence-electron chi connectivity index (χ3n) is 2.41. The van der Waals surface area contributed by atoms with Crippen LogP contribution in [0.3, 0.4) is 0 Å². The van der Waals surface area contributed by atoms with Crippen molar-refractivity contribution in [2.75, 3.05) is 0 Å². The van der Waals surface area contributed by atoms with Gasteiger partial charge in [-0.05, 0) is 6.07 Å². The van der Waals surface area contributed by atoms with E-state index in [9.17, 15) is 0 Å². The molecule has 0 spiro atoms. The maximum Gasteiger partial charge on any atom is 0.155 e. The normalized spacial score (nSPS) is 10.8. The van der Waals surface area contributed by atoms with Gasteiger partial charge in [-0.1, -0.05) is 34.1 Å². The van der Waals surface area contributed by atoms with Gasteiger partial charge in [0.25, 0.3) is 0 Å². The van der Waals surface area contributed by atoms with E-state index in [4.69, 9.17) is 0 Å². The van der Waals surface area contributed by atoms with E-state index in [1.165, 1.54) is 0 Å².